The third-order valence-corrected chi connectivity index (χ3v) is 2.39. The van der Waals surface area contributed by atoms with Crippen LogP contribution in [0.4, 0.5) is 0 Å². The molecular weight excluding hydrogens is 174 g/mol. The molecule has 0 bridgehead atoms. The summed E-state index contributed by atoms with van der Waals surface area (Å²) in [6.45, 7) is 12.7. The highest BCUT2D eigenvalue weighted by Gasteiger charge is 2.09. The summed E-state index contributed by atoms with van der Waals surface area (Å²) < 4.78 is 2.00. The number of allylic oxidation sites excluding steroid dienone is 1. The third-order valence-electron chi connectivity index (χ3n) is 2.39. The summed E-state index contributed by atoms with van der Waals surface area (Å²) in [6.07, 6.45) is 1.87. The Morgan fingerprint density at radius 3 is 2.79 bits per heavy atom. The molecule has 0 aromatic carbocycles. The Morgan fingerprint density at radius 2 is 2.21 bits per heavy atom. The Bertz CT molecular complexity index is 313. The maximum atomic E-state index is 4.46. The average molecular weight is 193 g/mol. The van der Waals surface area contributed by atoms with Crippen LogP contribution >= 0.6 is 0 Å². The lowest BCUT2D eigenvalue weighted by molar-refractivity contribution is 0.668. The minimum atomic E-state index is 0.790. The molecule has 0 aliphatic carbocycles. The van der Waals surface area contributed by atoms with Crippen molar-refractivity contribution in [2.45, 2.75) is 33.9 Å². The minimum Gasteiger partial charge on any atom is -0.313 e. The van der Waals surface area contributed by atoms with Gasteiger partial charge in [-0.3, -0.25) is 4.68 Å². The van der Waals surface area contributed by atoms with Gasteiger partial charge in [-0.25, -0.2) is 0 Å². The molecule has 0 saturated carbocycles. The predicted molar refractivity (Wildman–Crippen MR) is 59.3 cm³/mol. The Labute approximate surface area is 85.8 Å². The van der Waals surface area contributed by atoms with E-state index in [1.807, 2.05) is 10.8 Å². The fourth-order valence-corrected chi connectivity index (χ4v) is 1.54. The summed E-state index contributed by atoms with van der Waals surface area (Å²) in [4.78, 5) is 0. The van der Waals surface area contributed by atoms with E-state index in [9.17, 15) is 0 Å². The number of aryl methyl sites for hydroxylation is 1. The van der Waals surface area contributed by atoms with Crippen molar-refractivity contribution in [3.63, 3.8) is 0 Å². The van der Waals surface area contributed by atoms with Gasteiger partial charge in [0, 0.05) is 17.8 Å². The van der Waals surface area contributed by atoms with Gasteiger partial charge in [0.2, 0.25) is 0 Å². The first-order valence-electron chi connectivity index (χ1n) is 5.05. The first-order valence-corrected chi connectivity index (χ1v) is 5.05. The maximum absolute atomic E-state index is 4.46. The second kappa shape index (κ2) is 4.96. The minimum absolute atomic E-state index is 0.790. The van der Waals surface area contributed by atoms with E-state index in [0.29, 0.717) is 0 Å². The van der Waals surface area contributed by atoms with Gasteiger partial charge in [-0.15, -0.1) is 6.58 Å². The lowest BCUT2D eigenvalue weighted by Gasteiger charge is -2.03. The van der Waals surface area contributed by atoms with Crippen molar-refractivity contribution in [2.24, 2.45) is 0 Å². The highest BCUT2D eigenvalue weighted by molar-refractivity contribution is 5.24. The van der Waals surface area contributed by atoms with E-state index in [4.69, 9.17) is 0 Å². The molecule has 1 aromatic rings. The summed E-state index contributed by atoms with van der Waals surface area (Å²) >= 11 is 0. The monoisotopic (exact) mass is 193 g/mol. The Balaban J connectivity index is 2.86. The van der Waals surface area contributed by atoms with Crippen LogP contribution in [0.3, 0.4) is 0 Å². The molecular formula is C11H19N3. The van der Waals surface area contributed by atoms with Gasteiger partial charge >= 0.3 is 0 Å². The number of rotatable bonds is 5. The molecule has 1 N–H and O–H groups in total. The van der Waals surface area contributed by atoms with Crippen molar-refractivity contribution in [1.29, 1.82) is 0 Å². The van der Waals surface area contributed by atoms with Crippen molar-refractivity contribution in [3.8, 4) is 0 Å². The summed E-state index contributed by atoms with van der Waals surface area (Å²) in [5.74, 6) is 0. The van der Waals surface area contributed by atoms with E-state index in [2.05, 4.69) is 37.8 Å². The second-order valence-electron chi connectivity index (χ2n) is 3.40. The van der Waals surface area contributed by atoms with Gasteiger partial charge < -0.3 is 5.32 Å². The summed E-state index contributed by atoms with van der Waals surface area (Å²) in [5.41, 5.74) is 3.67. The van der Waals surface area contributed by atoms with Crippen LogP contribution in [0, 0.1) is 13.8 Å². The molecule has 0 spiro atoms. The molecule has 78 valence electrons. The van der Waals surface area contributed by atoms with Gasteiger partial charge in [-0.1, -0.05) is 13.0 Å². The van der Waals surface area contributed by atoms with Gasteiger partial charge in [0.1, 0.15) is 0 Å². The van der Waals surface area contributed by atoms with Crippen LogP contribution in [0.2, 0.25) is 0 Å². The Hall–Kier alpha value is -1.09. The normalized spacial score (nSPS) is 10.5. The second-order valence-corrected chi connectivity index (χ2v) is 3.40. The number of hydrogen-bond acceptors (Lipinski definition) is 2. The van der Waals surface area contributed by atoms with E-state index in [-0.39, 0.29) is 0 Å². The number of aromatic nitrogens is 2. The van der Waals surface area contributed by atoms with Crippen molar-refractivity contribution in [1.82, 2.24) is 15.1 Å². The molecule has 14 heavy (non-hydrogen) atoms. The third kappa shape index (κ3) is 2.23. The standard InChI is InChI=1S/C11H19N3/c1-5-7-14-10(4)11(8-12-6-2)9(3)13-14/h5,12H,1,6-8H2,2-4H3. The Kier molecular flexibility index (Phi) is 3.89. The van der Waals surface area contributed by atoms with Crippen molar-refractivity contribution in [3.05, 3.63) is 29.6 Å². The van der Waals surface area contributed by atoms with Crippen molar-refractivity contribution < 1.29 is 0 Å². The molecule has 0 aliphatic rings. The van der Waals surface area contributed by atoms with Gasteiger partial charge in [-0.2, -0.15) is 5.10 Å². The van der Waals surface area contributed by atoms with E-state index in [1.165, 1.54) is 11.3 Å². The van der Waals surface area contributed by atoms with Gasteiger partial charge in [0.05, 0.1) is 12.2 Å². The van der Waals surface area contributed by atoms with Gasteiger partial charge in [-0.05, 0) is 20.4 Å². The topological polar surface area (TPSA) is 29.9 Å². The van der Waals surface area contributed by atoms with E-state index < -0.39 is 0 Å². The predicted octanol–water partition coefficient (Wildman–Crippen LogP) is 1.80. The summed E-state index contributed by atoms with van der Waals surface area (Å²) in [7, 11) is 0. The molecule has 0 amide bonds. The van der Waals surface area contributed by atoms with Crippen molar-refractivity contribution >= 4 is 0 Å². The number of hydrogen-bond donors (Lipinski definition) is 1. The van der Waals surface area contributed by atoms with Crippen LogP contribution < -0.4 is 5.32 Å². The largest absolute Gasteiger partial charge is 0.313 e. The molecule has 0 aliphatic heterocycles. The molecule has 0 unspecified atom stereocenters. The van der Waals surface area contributed by atoms with Crippen LogP contribution in [0.1, 0.15) is 23.9 Å². The molecule has 0 fully saturated rings. The molecule has 0 radical (unpaired) electrons. The van der Waals surface area contributed by atoms with Crippen LogP contribution in [0.15, 0.2) is 12.7 Å². The van der Waals surface area contributed by atoms with Crippen LogP contribution in [0.25, 0.3) is 0 Å². The lowest BCUT2D eigenvalue weighted by atomic mass is 10.2. The molecule has 1 heterocycles. The van der Waals surface area contributed by atoms with E-state index >= 15 is 0 Å². The molecule has 1 aromatic heterocycles. The summed E-state index contributed by atoms with van der Waals surface area (Å²) in [6, 6.07) is 0. The zero-order valence-corrected chi connectivity index (χ0v) is 9.30. The zero-order chi connectivity index (χ0) is 10.6. The first kappa shape index (κ1) is 11.0. The fraction of sp³-hybridized carbons (Fsp3) is 0.545. The van der Waals surface area contributed by atoms with Gasteiger partial charge in [0.15, 0.2) is 0 Å². The lowest BCUT2D eigenvalue weighted by Crippen LogP contribution is -2.13. The summed E-state index contributed by atoms with van der Waals surface area (Å²) in [5, 5.41) is 7.78. The molecule has 1 rings (SSSR count). The van der Waals surface area contributed by atoms with E-state index in [0.717, 1.165) is 25.3 Å². The number of nitrogens with zero attached hydrogens (tertiary/aromatic N) is 2. The van der Waals surface area contributed by atoms with Crippen molar-refractivity contribution in [2.75, 3.05) is 6.54 Å². The molecule has 0 atom stereocenters. The highest BCUT2D eigenvalue weighted by atomic mass is 15.3. The first-order chi connectivity index (χ1) is 6.70. The fourth-order valence-electron chi connectivity index (χ4n) is 1.54. The number of nitrogens with one attached hydrogen (secondary N) is 1. The van der Waals surface area contributed by atoms with E-state index in [1.54, 1.807) is 0 Å². The smallest absolute Gasteiger partial charge is 0.0641 e. The van der Waals surface area contributed by atoms with Crippen LogP contribution in [-0.4, -0.2) is 16.3 Å². The SMILES string of the molecule is C=CCn1nc(C)c(CNCC)c1C. The van der Waals surface area contributed by atoms with Gasteiger partial charge in [0.25, 0.3) is 0 Å². The maximum Gasteiger partial charge on any atom is 0.0641 e. The zero-order valence-electron chi connectivity index (χ0n) is 9.30. The van der Waals surface area contributed by atoms with Crippen LogP contribution in [0.5, 0.6) is 0 Å². The molecule has 3 nitrogen and oxygen atoms in total. The molecule has 0 saturated heterocycles. The quantitative estimate of drug-likeness (QED) is 0.723. The van der Waals surface area contributed by atoms with Crippen LogP contribution in [-0.2, 0) is 13.1 Å². The molecule has 3 heteroatoms. The Morgan fingerprint density at radius 1 is 1.50 bits per heavy atom. The average Bonchev–Trinajstić information content (AvgIpc) is 2.41. The highest BCUT2D eigenvalue weighted by Crippen LogP contribution is 2.12.